The molecule has 4 rings (SSSR count). The minimum atomic E-state index is -0.0494. The summed E-state index contributed by atoms with van der Waals surface area (Å²) in [5.74, 6) is 2.09. The van der Waals surface area contributed by atoms with Gasteiger partial charge in [0.05, 0.1) is 37.2 Å². The van der Waals surface area contributed by atoms with Crippen LogP contribution < -0.4 is 24.4 Å². The van der Waals surface area contributed by atoms with E-state index in [2.05, 4.69) is 10.2 Å². The predicted molar refractivity (Wildman–Crippen MR) is 119 cm³/mol. The number of aromatic nitrogens is 1. The van der Waals surface area contributed by atoms with Gasteiger partial charge >= 0.3 is 0 Å². The molecule has 0 unspecified atom stereocenters. The fourth-order valence-electron chi connectivity index (χ4n) is 3.63. The summed E-state index contributed by atoms with van der Waals surface area (Å²) in [7, 11) is 4.85. The molecule has 0 bridgehead atoms. The lowest BCUT2D eigenvalue weighted by atomic mass is 9.96. The molecule has 7 nitrogen and oxygen atoms in total. The maximum atomic E-state index is 12.8. The number of carbonyl (C=O) groups is 1. The second-order valence-corrected chi connectivity index (χ2v) is 8.16. The van der Waals surface area contributed by atoms with Crippen LogP contribution >= 0.6 is 11.3 Å². The molecule has 0 aliphatic carbocycles. The van der Waals surface area contributed by atoms with Gasteiger partial charge in [-0.3, -0.25) is 4.79 Å². The third-order valence-corrected chi connectivity index (χ3v) is 6.46. The van der Waals surface area contributed by atoms with Gasteiger partial charge in [-0.15, -0.1) is 0 Å². The normalized spacial score (nSPS) is 14.6. The van der Waals surface area contributed by atoms with Crippen LogP contribution in [0.5, 0.6) is 17.2 Å². The highest BCUT2D eigenvalue weighted by Crippen LogP contribution is 2.34. The fraction of sp³-hybridized carbons (Fsp3) is 0.364. The van der Waals surface area contributed by atoms with E-state index in [1.165, 1.54) is 0 Å². The molecule has 1 amide bonds. The maximum absolute atomic E-state index is 12.8. The molecule has 0 atom stereocenters. The third kappa shape index (κ3) is 4.14. The molecule has 3 aromatic rings. The summed E-state index contributed by atoms with van der Waals surface area (Å²) in [4.78, 5) is 19.8. The van der Waals surface area contributed by atoms with Crippen molar-refractivity contribution in [3.05, 3.63) is 36.4 Å². The van der Waals surface area contributed by atoms with Crippen molar-refractivity contribution in [1.82, 2.24) is 4.98 Å². The van der Waals surface area contributed by atoms with Crippen LogP contribution in [-0.4, -0.2) is 45.3 Å². The first-order valence-corrected chi connectivity index (χ1v) is 10.7. The Hall–Kier alpha value is -3.00. The zero-order valence-corrected chi connectivity index (χ0v) is 18.1. The lowest BCUT2D eigenvalue weighted by Gasteiger charge is -2.31. The predicted octanol–water partition coefficient (Wildman–Crippen LogP) is 4.18. The van der Waals surface area contributed by atoms with Crippen LogP contribution in [0.25, 0.3) is 10.2 Å². The summed E-state index contributed by atoms with van der Waals surface area (Å²) >= 11 is 1.66. The molecule has 1 aliphatic heterocycles. The average molecular weight is 428 g/mol. The van der Waals surface area contributed by atoms with E-state index in [1.807, 2.05) is 18.2 Å². The Kier molecular flexibility index (Phi) is 5.94. The van der Waals surface area contributed by atoms with E-state index >= 15 is 0 Å². The van der Waals surface area contributed by atoms with Crippen LogP contribution in [0.3, 0.4) is 0 Å². The Morgan fingerprint density at radius 3 is 2.43 bits per heavy atom. The molecule has 1 fully saturated rings. The number of methoxy groups -OCH3 is 3. The first-order chi connectivity index (χ1) is 14.6. The van der Waals surface area contributed by atoms with Gasteiger partial charge < -0.3 is 24.4 Å². The number of nitrogens with one attached hydrogen (secondary N) is 1. The summed E-state index contributed by atoms with van der Waals surface area (Å²) in [6.07, 6.45) is 1.55. The quantitative estimate of drug-likeness (QED) is 0.636. The van der Waals surface area contributed by atoms with Crippen molar-refractivity contribution >= 4 is 38.3 Å². The van der Waals surface area contributed by atoms with Gasteiger partial charge in [0.15, 0.2) is 5.13 Å². The standard InChI is InChI=1S/C22H25N3O4S/c1-27-15-5-7-19(29-3)18(12-15)23-21(26)14-8-10-25(11-9-14)22-24-17-6-4-16(28-2)13-20(17)30-22/h4-7,12-14H,8-11H2,1-3H3,(H,23,26). The summed E-state index contributed by atoms with van der Waals surface area (Å²) in [5, 5.41) is 4.00. The van der Waals surface area contributed by atoms with Gasteiger partial charge in [0.2, 0.25) is 5.91 Å². The molecular weight excluding hydrogens is 402 g/mol. The lowest BCUT2D eigenvalue weighted by Crippen LogP contribution is -2.38. The fourth-order valence-corrected chi connectivity index (χ4v) is 4.68. The van der Waals surface area contributed by atoms with E-state index in [1.54, 1.807) is 50.9 Å². The Balaban J connectivity index is 1.40. The van der Waals surface area contributed by atoms with E-state index < -0.39 is 0 Å². The van der Waals surface area contributed by atoms with Gasteiger partial charge in [0.25, 0.3) is 0 Å². The molecule has 158 valence electrons. The van der Waals surface area contributed by atoms with Gasteiger partial charge in [-0.05, 0) is 43.2 Å². The summed E-state index contributed by atoms with van der Waals surface area (Å²) in [6, 6.07) is 11.3. The molecule has 2 heterocycles. The van der Waals surface area contributed by atoms with Gasteiger partial charge in [-0.1, -0.05) is 11.3 Å². The number of fused-ring (bicyclic) bond motifs is 1. The SMILES string of the molecule is COc1ccc(OC)c(NC(=O)C2CCN(c3nc4ccc(OC)cc4s3)CC2)c1. The van der Waals surface area contributed by atoms with Crippen molar-refractivity contribution in [2.45, 2.75) is 12.8 Å². The molecule has 1 saturated heterocycles. The molecule has 1 aromatic heterocycles. The molecule has 1 N–H and O–H groups in total. The Bertz CT molecular complexity index is 1040. The smallest absolute Gasteiger partial charge is 0.227 e. The highest BCUT2D eigenvalue weighted by molar-refractivity contribution is 7.22. The van der Waals surface area contributed by atoms with Crippen LogP contribution in [0.15, 0.2) is 36.4 Å². The second-order valence-electron chi connectivity index (χ2n) is 7.15. The van der Waals surface area contributed by atoms with E-state index in [9.17, 15) is 4.79 Å². The molecule has 8 heteroatoms. The largest absolute Gasteiger partial charge is 0.497 e. The summed E-state index contributed by atoms with van der Waals surface area (Å²) in [5.41, 5.74) is 1.60. The number of benzene rings is 2. The number of thiazole rings is 1. The minimum absolute atomic E-state index is 0.00948. The van der Waals surface area contributed by atoms with Crippen LogP contribution in [-0.2, 0) is 4.79 Å². The molecule has 1 aliphatic rings. The minimum Gasteiger partial charge on any atom is -0.497 e. The highest BCUT2D eigenvalue weighted by atomic mass is 32.1. The summed E-state index contributed by atoms with van der Waals surface area (Å²) in [6.45, 7) is 1.59. The lowest BCUT2D eigenvalue weighted by molar-refractivity contribution is -0.120. The number of hydrogen-bond acceptors (Lipinski definition) is 7. The number of nitrogens with zero attached hydrogens (tertiary/aromatic N) is 2. The van der Waals surface area contributed by atoms with E-state index in [4.69, 9.17) is 19.2 Å². The number of amides is 1. The maximum Gasteiger partial charge on any atom is 0.227 e. The van der Waals surface area contributed by atoms with Crippen molar-refractivity contribution in [2.24, 2.45) is 5.92 Å². The van der Waals surface area contributed by atoms with Crippen LogP contribution in [0, 0.1) is 5.92 Å². The van der Waals surface area contributed by atoms with Crippen LogP contribution in [0.2, 0.25) is 0 Å². The van der Waals surface area contributed by atoms with Crippen molar-refractivity contribution in [1.29, 1.82) is 0 Å². The molecular formula is C22H25N3O4S. The van der Waals surface area contributed by atoms with E-state index in [0.29, 0.717) is 17.2 Å². The molecule has 2 aromatic carbocycles. The number of carbonyl (C=O) groups excluding carboxylic acids is 1. The molecule has 30 heavy (non-hydrogen) atoms. The van der Waals surface area contributed by atoms with E-state index in [0.717, 1.165) is 47.0 Å². The van der Waals surface area contributed by atoms with E-state index in [-0.39, 0.29) is 11.8 Å². The number of piperidine rings is 1. The summed E-state index contributed by atoms with van der Waals surface area (Å²) < 4.78 is 17.0. The van der Waals surface area contributed by atoms with Crippen molar-refractivity contribution in [3.63, 3.8) is 0 Å². The Morgan fingerprint density at radius 1 is 1.03 bits per heavy atom. The second kappa shape index (κ2) is 8.79. The van der Waals surface area contributed by atoms with Gasteiger partial charge in [0, 0.05) is 25.1 Å². The number of anilines is 2. The van der Waals surface area contributed by atoms with Crippen LogP contribution in [0.1, 0.15) is 12.8 Å². The number of ether oxygens (including phenoxy) is 3. The van der Waals surface area contributed by atoms with Crippen LogP contribution in [0.4, 0.5) is 10.8 Å². The van der Waals surface area contributed by atoms with Crippen molar-refractivity contribution in [2.75, 3.05) is 44.6 Å². The van der Waals surface area contributed by atoms with Gasteiger partial charge in [0.1, 0.15) is 17.2 Å². The molecule has 0 spiro atoms. The Morgan fingerprint density at radius 2 is 1.73 bits per heavy atom. The highest BCUT2D eigenvalue weighted by Gasteiger charge is 2.27. The number of rotatable bonds is 6. The Labute approximate surface area is 179 Å². The molecule has 0 saturated carbocycles. The van der Waals surface area contributed by atoms with Crippen molar-refractivity contribution in [3.8, 4) is 17.2 Å². The van der Waals surface area contributed by atoms with Crippen molar-refractivity contribution < 1.29 is 19.0 Å². The average Bonchev–Trinajstić information content (AvgIpc) is 3.22. The zero-order valence-electron chi connectivity index (χ0n) is 17.3. The molecule has 0 radical (unpaired) electrons. The van der Waals surface area contributed by atoms with Gasteiger partial charge in [-0.2, -0.15) is 0 Å². The topological polar surface area (TPSA) is 72.9 Å². The third-order valence-electron chi connectivity index (χ3n) is 5.39. The monoisotopic (exact) mass is 427 g/mol. The number of hydrogen-bond donors (Lipinski definition) is 1. The first-order valence-electron chi connectivity index (χ1n) is 9.83. The zero-order chi connectivity index (χ0) is 21.1. The first kappa shape index (κ1) is 20.3. The van der Waals surface area contributed by atoms with Gasteiger partial charge in [-0.25, -0.2) is 4.98 Å².